The summed E-state index contributed by atoms with van der Waals surface area (Å²) in [5.74, 6) is -0.411. The van der Waals surface area contributed by atoms with Gasteiger partial charge in [0.2, 0.25) is 5.91 Å². The van der Waals surface area contributed by atoms with Gasteiger partial charge in [-0.3, -0.25) is 14.4 Å². The van der Waals surface area contributed by atoms with Crippen molar-refractivity contribution in [3.05, 3.63) is 12.2 Å². The molecule has 5 nitrogen and oxygen atoms in total. The van der Waals surface area contributed by atoms with Crippen molar-refractivity contribution in [1.82, 2.24) is 5.32 Å². The third-order valence-electron chi connectivity index (χ3n) is 5.79. The minimum absolute atomic E-state index is 0.0675. The summed E-state index contributed by atoms with van der Waals surface area (Å²) >= 11 is 0. The number of rotatable bonds is 21. The Morgan fingerprint density at radius 2 is 1.29 bits per heavy atom. The molecule has 1 amide bonds. The summed E-state index contributed by atoms with van der Waals surface area (Å²) < 4.78 is 5.28. The smallest absolute Gasteiger partial charge is 0.306 e. The Kier molecular flexibility index (Phi) is 19.7. The number of hydrogen-bond donors (Lipinski definition) is 1. The number of carbonyl (C=O) groups is 3. The Morgan fingerprint density at radius 1 is 0.765 bits per heavy atom. The molecule has 0 radical (unpaired) electrons. The lowest BCUT2D eigenvalue weighted by Crippen LogP contribution is -2.39. The summed E-state index contributed by atoms with van der Waals surface area (Å²) in [6, 6.07) is -0.516. The maximum absolute atomic E-state index is 12.2. The fourth-order valence-corrected chi connectivity index (χ4v) is 3.84. The molecule has 34 heavy (non-hydrogen) atoms. The van der Waals surface area contributed by atoms with Gasteiger partial charge in [-0.25, -0.2) is 0 Å². The first-order chi connectivity index (χ1) is 16.2. The number of Topliss-reactive ketones (excluding diaryl/α,β-unsaturated/α-hetero) is 1. The largest absolute Gasteiger partial charge is 0.460 e. The molecule has 0 saturated carbocycles. The third kappa shape index (κ3) is 22.2. The molecule has 0 aromatic heterocycles. The number of hydrogen-bond acceptors (Lipinski definition) is 4. The van der Waals surface area contributed by atoms with Crippen LogP contribution in [0.2, 0.25) is 0 Å². The zero-order valence-corrected chi connectivity index (χ0v) is 22.9. The van der Waals surface area contributed by atoms with Crippen LogP contribution in [0.3, 0.4) is 0 Å². The third-order valence-corrected chi connectivity index (χ3v) is 5.79. The summed E-state index contributed by atoms with van der Waals surface area (Å²) in [7, 11) is 0. The number of ether oxygens (including phenoxy) is 1. The van der Waals surface area contributed by atoms with Crippen LogP contribution < -0.4 is 5.32 Å². The second kappa shape index (κ2) is 20.7. The molecule has 0 saturated heterocycles. The molecule has 5 heteroatoms. The molecule has 0 aliphatic rings. The van der Waals surface area contributed by atoms with Crippen molar-refractivity contribution in [1.29, 1.82) is 0 Å². The maximum atomic E-state index is 12.2. The highest BCUT2D eigenvalue weighted by Crippen LogP contribution is 2.12. The molecule has 0 aliphatic heterocycles. The van der Waals surface area contributed by atoms with Gasteiger partial charge in [-0.15, -0.1) is 0 Å². The van der Waals surface area contributed by atoms with Gasteiger partial charge in [0.15, 0.2) is 5.78 Å². The van der Waals surface area contributed by atoms with E-state index in [1.807, 2.05) is 20.8 Å². The molecular formula is C29H53NO4. The quantitative estimate of drug-likeness (QED) is 0.104. The number of unbranched alkanes of at least 4 members (excludes halogenated alkanes) is 11. The van der Waals surface area contributed by atoms with Crippen LogP contribution in [0.25, 0.3) is 0 Å². The van der Waals surface area contributed by atoms with Crippen LogP contribution in [0.4, 0.5) is 0 Å². The summed E-state index contributed by atoms with van der Waals surface area (Å²) in [5.41, 5.74) is -0.505. The highest BCUT2D eigenvalue weighted by Gasteiger charge is 2.19. The van der Waals surface area contributed by atoms with E-state index in [0.29, 0.717) is 19.3 Å². The van der Waals surface area contributed by atoms with E-state index in [1.54, 1.807) is 0 Å². The second-order valence-electron chi connectivity index (χ2n) is 10.5. The zero-order valence-electron chi connectivity index (χ0n) is 22.9. The maximum Gasteiger partial charge on any atom is 0.306 e. The number of amides is 1. The average molecular weight is 480 g/mol. The summed E-state index contributed by atoms with van der Waals surface area (Å²) in [6.45, 7) is 9.24. The fourth-order valence-electron chi connectivity index (χ4n) is 3.84. The van der Waals surface area contributed by atoms with Crippen molar-refractivity contribution >= 4 is 17.7 Å². The first-order valence-corrected chi connectivity index (χ1v) is 13.8. The minimum Gasteiger partial charge on any atom is -0.460 e. The van der Waals surface area contributed by atoms with Crippen molar-refractivity contribution in [2.45, 2.75) is 155 Å². The van der Waals surface area contributed by atoms with E-state index >= 15 is 0 Å². The van der Waals surface area contributed by atoms with Crippen molar-refractivity contribution in [2.24, 2.45) is 0 Å². The molecular weight excluding hydrogens is 426 g/mol. The minimum atomic E-state index is -0.516. The van der Waals surface area contributed by atoms with Gasteiger partial charge in [0.1, 0.15) is 5.60 Å². The van der Waals surface area contributed by atoms with E-state index in [0.717, 1.165) is 25.7 Å². The topological polar surface area (TPSA) is 72.5 Å². The van der Waals surface area contributed by atoms with Crippen molar-refractivity contribution in [3.8, 4) is 0 Å². The lowest BCUT2D eigenvalue weighted by Gasteiger charge is -2.20. The van der Waals surface area contributed by atoms with Gasteiger partial charge in [-0.2, -0.15) is 0 Å². The highest BCUT2D eigenvalue weighted by atomic mass is 16.6. The second-order valence-corrected chi connectivity index (χ2v) is 10.5. The van der Waals surface area contributed by atoms with Gasteiger partial charge >= 0.3 is 5.97 Å². The van der Waals surface area contributed by atoms with Crippen molar-refractivity contribution < 1.29 is 19.1 Å². The molecule has 0 spiro atoms. The molecule has 0 fully saturated rings. The van der Waals surface area contributed by atoms with Gasteiger partial charge in [0, 0.05) is 12.8 Å². The number of esters is 1. The number of allylic oxidation sites excluding steroid dienone is 2. The summed E-state index contributed by atoms with van der Waals surface area (Å²) in [6.07, 6.45) is 22.3. The van der Waals surface area contributed by atoms with Crippen LogP contribution >= 0.6 is 0 Å². The molecule has 0 aliphatic carbocycles. The molecule has 0 heterocycles. The molecule has 0 unspecified atom stereocenters. The Labute approximate surface area is 209 Å². The van der Waals surface area contributed by atoms with Crippen LogP contribution in [0.15, 0.2) is 12.2 Å². The molecule has 0 aromatic rings. The monoisotopic (exact) mass is 479 g/mol. The van der Waals surface area contributed by atoms with Gasteiger partial charge < -0.3 is 10.1 Å². The SMILES string of the molecule is CCCCCCCC/C=C\CCCCCCCC(=O)N[C@@H](CCCC(=O)OC(C)(C)C)C(C)=O. The predicted molar refractivity (Wildman–Crippen MR) is 142 cm³/mol. The van der Waals surface area contributed by atoms with Gasteiger partial charge in [-0.05, 0) is 72.6 Å². The Morgan fingerprint density at radius 3 is 1.82 bits per heavy atom. The molecule has 0 aromatic carbocycles. The van der Waals surface area contributed by atoms with E-state index in [2.05, 4.69) is 24.4 Å². The van der Waals surface area contributed by atoms with E-state index in [1.165, 1.54) is 64.7 Å². The lowest BCUT2D eigenvalue weighted by molar-refractivity contribution is -0.155. The predicted octanol–water partition coefficient (Wildman–Crippen LogP) is 7.61. The number of ketones is 1. The van der Waals surface area contributed by atoms with Crippen LogP contribution in [-0.4, -0.2) is 29.3 Å². The Hall–Kier alpha value is -1.65. The molecule has 1 atom stereocenters. The van der Waals surface area contributed by atoms with Gasteiger partial charge in [0.05, 0.1) is 6.04 Å². The Balaban J connectivity index is 3.75. The molecule has 1 N–H and O–H groups in total. The molecule has 0 rings (SSSR count). The van der Waals surface area contributed by atoms with Crippen LogP contribution in [0, 0.1) is 0 Å². The average Bonchev–Trinajstić information content (AvgIpc) is 2.74. The van der Waals surface area contributed by atoms with E-state index in [4.69, 9.17) is 4.74 Å². The van der Waals surface area contributed by atoms with E-state index < -0.39 is 11.6 Å². The lowest BCUT2D eigenvalue weighted by atomic mass is 10.0. The fraction of sp³-hybridized carbons (Fsp3) is 0.828. The standard InChI is InChI=1S/C29H53NO4/c1-6-7-8-9-10-11-12-13-14-15-16-17-18-19-20-23-27(32)30-26(25(2)31)22-21-24-28(33)34-29(3,4)5/h13-14,26H,6-12,15-24H2,1-5H3,(H,30,32)/b14-13-/t26-/m0/s1. The Bertz CT molecular complexity index is 577. The van der Waals surface area contributed by atoms with Crippen LogP contribution in [-0.2, 0) is 19.1 Å². The normalized spacial score (nSPS) is 12.6. The number of carbonyl (C=O) groups excluding carboxylic acids is 3. The summed E-state index contributed by atoms with van der Waals surface area (Å²) in [5, 5.41) is 2.84. The van der Waals surface area contributed by atoms with Gasteiger partial charge in [0.25, 0.3) is 0 Å². The zero-order chi connectivity index (χ0) is 25.7. The first kappa shape index (κ1) is 32.4. The van der Waals surface area contributed by atoms with E-state index in [-0.39, 0.29) is 24.1 Å². The molecule has 198 valence electrons. The first-order valence-electron chi connectivity index (χ1n) is 13.8. The van der Waals surface area contributed by atoms with Gasteiger partial charge in [-0.1, -0.05) is 70.4 Å². The van der Waals surface area contributed by atoms with E-state index in [9.17, 15) is 14.4 Å². The van der Waals surface area contributed by atoms with Crippen LogP contribution in [0.5, 0.6) is 0 Å². The highest BCUT2D eigenvalue weighted by molar-refractivity contribution is 5.87. The van der Waals surface area contributed by atoms with Crippen LogP contribution in [0.1, 0.15) is 144 Å². The summed E-state index contributed by atoms with van der Waals surface area (Å²) in [4.78, 5) is 35.9. The van der Waals surface area contributed by atoms with Crippen molar-refractivity contribution in [2.75, 3.05) is 0 Å². The number of nitrogens with one attached hydrogen (secondary N) is 1. The molecule has 0 bridgehead atoms. The van der Waals surface area contributed by atoms with Crippen molar-refractivity contribution in [3.63, 3.8) is 0 Å².